The number of nitrogens with one attached hydrogen (secondary N) is 3. The number of anilines is 3. The molecule has 1 saturated carbocycles. The molecule has 0 aromatic carbocycles. The maximum absolute atomic E-state index is 13.3. The minimum absolute atomic E-state index is 0.112. The van der Waals surface area contributed by atoms with Gasteiger partial charge in [-0.25, -0.2) is 9.97 Å². The molecule has 0 atom stereocenters. The Balaban J connectivity index is 1.38. The Bertz CT molecular complexity index is 1400. The molecule has 0 bridgehead atoms. The first-order valence-corrected chi connectivity index (χ1v) is 12.9. The van der Waals surface area contributed by atoms with Gasteiger partial charge in [0.2, 0.25) is 23.5 Å². The standard InChI is InChI=1S/C26H27ClN6O5/c1-14(34)29-20-11-9-18-22(30-20)23(24(38-18)26(37)31-19-10-6-16(27)13-28-19)32-25(36)15-4-7-17(8-5-15)33-12-2-3-21(33)35/h6,9-11,13,15,17H,2-5,7-8,12H2,1H3,(H,32,36)(H,28,31,37)(H,29,30,34). The number of nitrogens with zero attached hydrogens (tertiary/aromatic N) is 3. The molecule has 2 fully saturated rings. The minimum atomic E-state index is -0.634. The van der Waals surface area contributed by atoms with E-state index in [0.29, 0.717) is 24.3 Å². The summed E-state index contributed by atoms with van der Waals surface area (Å²) in [4.78, 5) is 60.6. The van der Waals surface area contributed by atoms with Crippen LogP contribution in [-0.4, -0.2) is 51.1 Å². The first-order chi connectivity index (χ1) is 18.3. The van der Waals surface area contributed by atoms with Crippen molar-refractivity contribution in [1.29, 1.82) is 0 Å². The summed E-state index contributed by atoms with van der Waals surface area (Å²) in [7, 11) is 0. The molecule has 11 nitrogen and oxygen atoms in total. The summed E-state index contributed by atoms with van der Waals surface area (Å²) in [6.07, 6.45) is 5.61. The molecule has 1 aliphatic carbocycles. The van der Waals surface area contributed by atoms with Gasteiger partial charge in [-0.3, -0.25) is 19.2 Å². The summed E-state index contributed by atoms with van der Waals surface area (Å²) in [5, 5.41) is 8.52. The fraction of sp³-hybridized carbons (Fsp3) is 0.385. The van der Waals surface area contributed by atoms with E-state index in [4.69, 9.17) is 16.0 Å². The molecule has 1 aliphatic heterocycles. The number of likely N-dealkylation sites (tertiary alicyclic amines) is 1. The van der Waals surface area contributed by atoms with Gasteiger partial charge in [0.25, 0.3) is 5.91 Å². The van der Waals surface area contributed by atoms with Gasteiger partial charge in [0.05, 0.1) is 5.02 Å². The Morgan fingerprint density at radius 3 is 2.45 bits per heavy atom. The van der Waals surface area contributed by atoms with Crippen molar-refractivity contribution in [3.8, 4) is 0 Å². The molecule has 4 amide bonds. The molecule has 4 heterocycles. The van der Waals surface area contributed by atoms with E-state index in [1.807, 2.05) is 4.90 Å². The Hall–Kier alpha value is -3.99. The van der Waals surface area contributed by atoms with Crippen LogP contribution in [0.3, 0.4) is 0 Å². The topological polar surface area (TPSA) is 147 Å². The number of aromatic nitrogens is 2. The van der Waals surface area contributed by atoms with Crippen LogP contribution in [0.4, 0.5) is 17.3 Å². The van der Waals surface area contributed by atoms with E-state index in [2.05, 4.69) is 25.9 Å². The van der Waals surface area contributed by atoms with Gasteiger partial charge in [-0.05, 0) is 56.4 Å². The van der Waals surface area contributed by atoms with Crippen LogP contribution < -0.4 is 16.0 Å². The third-order valence-electron chi connectivity index (χ3n) is 6.88. The molecule has 38 heavy (non-hydrogen) atoms. The maximum Gasteiger partial charge on any atom is 0.294 e. The van der Waals surface area contributed by atoms with E-state index in [0.717, 1.165) is 25.8 Å². The largest absolute Gasteiger partial charge is 0.447 e. The van der Waals surface area contributed by atoms with Crippen LogP contribution in [0.2, 0.25) is 5.02 Å². The fourth-order valence-corrected chi connectivity index (χ4v) is 5.17. The summed E-state index contributed by atoms with van der Waals surface area (Å²) in [5.74, 6) is -0.951. The van der Waals surface area contributed by atoms with E-state index in [-0.39, 0.29) is 63.9 Å². The second-order valence-corrected chi connectivity index (χ2v) is 9.97. The van der Waals surface area contributed by atoms with Gasteiger partial charge in [-0.15, -0.1) is 0 Å². The van der Waals surface area contributed by atoms with Crippen LogP contribution in [-0.2, 0) is 14.4 Å². The van der Waals surface area contributed by atoms with Gasteiger partial charge in [0, 0.05) is 38.0 Å². The van der Waals surface area contributed by atoms with Crippen LogP contribution in [0.1, 0.15) is 56.0 Å². The predicted molar refractivity (Wildman–Crippen MR) is 141 cm³/mol. The van der Waals surface area contributed by atoms with Crippen LogP contribution in [0.15, 0.2) is 34.9 Å². The smallest absolute Gasteiger partial charge is 0.294 e. The Labute approximate surface area is 223 Å². The highest BCUT2D eigenvalue weighted by atomic mass is 35.5. The molecule has 0 unspecified atom stereocenters. The maximum atomic E-state index is 13.3. The third kappa shape index (κ3) is 5.47. The summed E-state index contributed by atoms with van der Waals surface area (Å²) in [6.45, 7) is 2.14. The van der Waals surface area contributed by atoms with Crippen molar-refractivity contribution in [2.45, 2.75) is 51.5 Å². The molecule has 0 spiro atoms. The lowest BCUT2D eigenvalue weighted by molar-refractivity contribution is -0.130. The number of carbonyl (C=O) groups is 4. The molecule has 198 valence electrons. The predicted octanol–water partition coefficient (Wildman–Crippen LogP) is 4.21. The Morgan fingerprint density at radius 2 is 1.79 bits per heavy atom. The molecule has 2 aliphatic rings. The van der Waals surface area contributed by atoms with Crippen LogP contribution in [0.25, 0.3) is 11.1 Å². The van der Waals surface area contributed by atoms with E-state index in [1.54, 1.807) is 18.2 Å². The normalized spacial score (nSPS) is 19.4. The Morgan fingerprint density at radius 1 is 1.03 bits per heavy atom. The van der Waals surface area contributed by atoms with Gasteiger partial charge in [0.1, 0.15) is 22.8 Å². The minimum Gasteiger partial charge on any atom is -0.447 e. The Kier molecular flexibility index (Phi) is 7.28. The molecule has 5 rings (SSSR count). The summed E-state index contributed by atoms with van der Waals surface area (Å²) in [5.41, 5.74) is 0.607. The number of fused-ring (bicyclic) bond motifs is 1. The highest BCUT2D eigenvalue weighted by Gasteiger charge is 2.34. The molecule has 12 heteroatoms. The number of carbonyl (C=O) groups excluding carboxylic acids is 4. The number of pyridine rings is 2. The van der Waals surface area contributed by atoms with Gasteiger partial charge >= 0.3 is 0 Å². The van der Waals surface area contributed by atoms with Crippen molar-refractivity contribution < 1.29 is 23.6 Å². The molecule has 3 N–H and O–H groups in total. The van der Waals surface area contributed by atoms with Gasteiger partial charge in [0.15, 0.2) is 5.58 Å². The second-order valence-electron chi connectivity index (χ2n) is 9.53. The van der Waals surface area contributed by atoms with Crippen molar-refractivity contribution in [3.63, 3.8) is 0 Å². The van der Waals surface area contributed by atoms with Crippen LogP contribution in [0.5, 0.6) is 0 Å². The lowest BCUT2D eigenvalue weighted by atomic mass is 9.84. The van der Waals surface area contributed by atoms with Crippen molar-refractivity contribution in [1.82, 2.24) is 14.9 Å². The number of hydrogen-bond donors (Lipinski definition) is 3. The van der Waals surface area contributed by atoms with Gasteiger partial charge in [-0.2, -0.15) is 0 Å². The number of hydrogen-bond acceptors (Lipinski definition) is 7. The highest BCUT2D eigenvalue weighted by Crippen LogP contribution is 2.34. The van der Waals surface area contributed by atoms with Gasteiger partial charge in [-0.1, -0.05) is 11.6 Å². The lowest BCUT2D eigenvalue weighted by Crippen LogP contribution is -2.40. The zero-order valence-electron chi connectivity index (χ0n) is 20.8. The van der Waals surface area contributed by atoms with Crippen molar-refractivity contribution in [2.24, 2.45) is 5.92 Å². The molecule has 1 saturated heterocycles. The van der Waals surface area contributed by atoms with E-state index < -0.39 is 5.91 Å². The summed E-state index contributed by atoms with van der Waals surface area (Å²) < 4.78 is 5.80. The van der Waals surface area contributed by atoms with Crippen molar-refractivity contribution in [2.75, 3.05) is 22.5 Å². The van der Waals surface area contributed by atoms with E-state index in [1.165, 1.54) is 19.2 Å². The number of amides is 4. The average molecular weight is 539 g/mol. The SMILES string of the molecule is CC(=O)Nc1ccc2oc(C(=O)Nc3ccc(Cl)cn3)c(NC(=O)C3CCC(N4CCCC4=O)CC3)c2n1. The van der Waals surface area contributed by atoms with Crippen LogP contribution >= 0.6 is 11.6 Å². The van der Waals surface area contributed by atoms with E-state index in [9.17, 15) is 19.2 Å². The monoisotopic (exact) mass is 538 g/mol. The first-order valence-electron chi connectivity index (χ1n) is 12.5. The highest BCUT2D eigenvalue weighted by molar-refractivity contribution is 6.30. The van der Waals surface area contributed by atoms with Gasteiger partial charge < -0.3 is 25.3 Å². The molecule has 0 radical (unpaired) electrons. The van der Waals surface area contributed by atoms with Crippen molar-refractivity contribution in [3.05, 3.63) is 41.2 Å². The average Bonchev–Trinajstić information content (AvgIpc) is 3.48. The quantitative estimate of drug-likeness (QED) is 0.426. The number of furan rings is 1. The first kappa shape index (κ1) is 25.7. The number of rotatable bonds is 6. The second kappa shape index (κ2) is 10.8. The van der Waals surface area contributed by atoms with Crippen molar-refractivity contribution >= 4 is 63.7 Å². The molecule has 3 aromatic rings. The zero-order valence-corrected chi connectivity index (χ0v) is 21.5. The zero-order chi connectivity index (χ0) is 26.8. The van der Waals surface area contributed by atoms with E-state index >= 15 is 0 Å². The fourth-order valence-electron chi connectivity index (χ4n) is 5.06. The summed E-state index contributed by atoms with van der Waals surface area (Å²) in [6, 6.07) is 6.40. The summed E-state index contributed by atoms with van der Waals surface area (Å²) >= 11 is 5.88. The third-order valence-corrected chi connectivity index (χ3v) is 7.10. The van der Waals surface area contributed by atoms with Crippen LogP contribution in [0, 0.1) is 5.92 Å². The molecular weight excluding hydrogens is 512 g/mol. The molecular formula is C26H27ClN6O5. The molecule has 3 aromatic heterocycles. The number of halogens is 1. The lowest BCUT2D eigenvalue weighted by Gasteiger charge is -2.34.